The van der Waals surface area contributed by atoms with E-state index in [4.69, 9.17) is 9.84 Å². The highest BCUT2D eigenvalue weighted by molar-refractivity contribution is 5.85. The van der Waals surface area contributed by atoms with Crippen molar-refractivity contribution >= 4 is 12.0 Å². The summed E-state index contributed by atoms with van der Waals surface area (Å²) in [6, 6.07) is 3.96. The summed E-state index contributed by atoms with van der Waals surface area (Å²) < 4.78 is 54.2. The molecule has 0 aliphatic heterocycles. The summed E-state index contributed by atoms with van der Waals surface area (Å²) in [5, 5.41) is 8.48. The van der Waals surface area contributed by atoms with E-state index in [0.29, 0.717) is 5.56 Å². The Morgan fingerprint density at radius 2 is 2.05 bits per heavy atom. The molecule has 0 heterocycles. The normalized spacial score (nSPS) is 12.0. The minimum Gasteiger partial charge on any atom is -0.478 e. The zero-order chi connectivity index (χ0) is 15.9. The molecule has 0 aromatic heterocycles. The van der Waals surface area contributed by atoms with Crippen molar-refractivity contribution in [3.63, 3.8) is 0 Å². The summed E-state index contributed by atoms with van der Waals surface area (Å²) in [4.78, 5) is 10.4. The van der Waals surface area contributed by atoms with E-state index in [1.54, 1.807) is 0 Å². The number of aliphatic carboxylic acids is 1. The van der Waals surface area contributed by atoms with Crippen LogP contribution in [-0.2, 0) is 16.1 Å². The Balaban J connectivity index is 2.49. The van der Waals surface area contributed by atoms with Crippen molar-refractivity contribution in [2.45, 2.75) is 25.6 Å². The number of ether oxygens (including phenoxy) is 1. The van der Waals surface area contributed by atoms with Gasteiger partial charge in [-0.15, -0.1) is 0 Å². The molecule has 116 valence electrons. The molecule has 1 rings (SSSR count). The summed E-state index contributed by atoms with van der Waals surface area (Å²) >= 11 is 0. The molecule has 0 fully saturated rings. The number of rotatable bonds is 7. The second kappa shape index (κ2) is 7.78. The molecule has 21 heavy (non-hydrogen) atoms. The number of carboxylic acid groups (broad SMARTS) is 1. The highest BCUT2D eigenvalue weighted by Crippen LogP contribution is 2.21. The molecule has 0 aliphatic rings. The van der Waals surface area contributed by atoms with Crippen LogP contribution < -0.4 is 0 Å². The third-order valence-corrected chi connectivity index (χ3v) is 2.48. The second-order valence-electron chi connectivity index (χ2n) is 4.30. The summed E-state index contributed by atoms with van der Waals surface area (Å²) in [5.41, 5.74) is 0.627. The summed E-state index contributed by atoms with van der Waals surface area (Å²) in [6.07, 6.45) is -3.36. The fourth-order valence-electron chi connectivity index (χ4n) is 1.54. The lowest BCUT2D eigenvalue weighted by atomic mass is 10.1. The average Bonchev–Trinajstić information content (AvgIpc) is 2.37. The number of carboxylic acids is 1. The molecule has 0 saturated heterocycles. The average molecular weight is 306 g/mol. The van der Waals surface area contributed by atoms with Gasteiger partial charge in [-0.05, 0) is 30.2 Å². The lowest BCUT2D eigenvalue weighted by molar-refractivity contribution is -0.138. The fourth-order valence-corrected chi connectivity index (χ4v) is 1.54. The van der Waals surface area contributed by atoms with Crippen molar-refractivity contribution in [3.05, 3.63) is 41.2 Å². The smallest absolute Gasteiger partial charge is 0.389 e. The predicted molar refractivity (Wildman–Crippen MR) is 68.0 cm³/mol. The third-order valence-electron chi connectivity index (χ3n) is 2.48. The van der Waals surface area contributed by atoms with Gasteiger partial charge >= 0.3 is 12.1 Å². The molecular formula is C14H14F4O3. The summed E-state index contributed by atoms with van der Waals surface area (Å²) in [7, 11) is 0. The molecule has 0 aliphatic carbocycles. The molecule has 3 nitrogen and oxygen atoms in total. The molecule has 0 saturated carbocycles. The first-order chi connectivity index (χ1) is 9.78. The van der Waals surface area contributed by atoms with Crippen LogP contribution >= 0.6 is 0 Å². The first-order valence-electron chi connectivity index (χ1n) is 6.12. The Morgan fingerprint density at radius 1 is 1.33 bits per heavy atom. The molecule has 1 aromatic carbocycles. The van der Waals surface area contributed by atoms with Crippen molar-refractivity contribution < 1.29 is 32.2 Å². The van der Waals surface area contributed by atoms with Crippen molar-refractivity contribution in [2.75, 3.05) is 6.61 Å². The van der Waals surface area contributed by atoms with Crippen LogP contribution in [0.5, 0.6) is 0 Å². The Kier molecular flexibility index (Phi) is 6.36. The van der Waals surface area contributed by atoms with Crippen LogP contribution in [0, 0.1) is 5.82 Å². The van der Waals surface area contributed by atoms with Gasteiger partial charge in [0, 0.05) is 24.7 Å². The van der Waals surface area contributed by atoms with Crippen LogP contribution in [0.15, 0.2) is 24.3 Å². The molecule has 7 heteroatoms. The largest absolute Gasteiger partial charge is 0.478 e. The van der Waals surface area contributed by atoms with Gasteiger partial charge in [0.2, 0.25) is 0 Å². The van der Waals surface area contributed by atoms with E-state index < -0.39 is 24.4 Å². The minimum absolute atomic E-state index is 0.0338. The second-order valence-corrected chi connectivity index (χ2v) is 4.30. The standard InChI is InChI=1S/C14H14F4O3/c15-12-4-2-10(8-11(12)3-5-13(19)20)9-21-7-1-6-14(16,17)18/h2-5,8H,1,6-7,9H2,(H,19,20)/b5-3+. The van der Waals surface area contributed by atoms with E-state index in [0.717, 1.165) is 18.2 Å². The molecule has 0 bridgehead atoms. The van der Waals surface area contributed by atoms with E-state index in [-0.39, 0.29) is 25.2 Å². The van der Waals surface area contributed by atoms with Gasteiger partial charge in [-0.1, -0.05) is 6.07 Å². The first kappa shape index (κ1) is 17.2. The van der Waals surface area contributed by atoms with Crippen LogP contribution in [0.3, 0.4) is 0 Å². The SMILES string of the molecule is O=C(O)/C=C/c1cc(COCCCC(F)(F)F)ccc1F. The third kappa shape index (κ3) is 7.45. The maximum absolute atomic E-state index is 13.4. The highest BCUT2D eigenvalue weighted by atomic mass is 19.4. The zero-order valence-electron chi connectivity index (χ0n) is 11.0. The van der Waals surface area contributed by atoms with Gasteiger partial charge < -0.3 is 9.84 Å². The van der Waals surface area contributed by atoms with E-state index in [1.165, 1.54) is 12.1 Å². The number of hydrogen-bond acceptors (Lipinski definition) is 2. The van der Waals surface area contributed by atoms with E-state index in [9.17, 15) is 22.4 Å². The van der Waals surface area contributed by atoms with Crippen LogP contribution in [0.2, 0.25) is 0 Å². The zero-order valence-corrected chi connectivity index (χ0v) is 11.0. The Hall–Kier alpha value is -1.89. The molecule has 1 N–H and O–H groups in total. The van der Waals surface area contributed by atoms with E-state index in [1.807, 2.05) is 0 Å². The maximum atomic E-state index is 13.4. The molecule has 0 spiro atoms. The van der Waals surface area contributed by atoms with Gasteiger partial charge in [0.15, 0.2) is 0 Å². The van der Waals surface area contributed by atoms with Crippen LogP contribution in [0.25, 0.3) is 6.08 Å². The van der Waals surface area contributed by atoms with Gasteiger partial charge in [-0.3, -0.25) is 0 Å². The predicted octanol–water partition coefficient (Wildman–Crippen LogP) is 3.78. The van der Waals surface area contributed by atoms with Crippen molar-refractivity contribution in [2.24, 2.45) is 0 Å². The van der Waals surface area contributed by atoms with Gasteiger partial charge in [0.25, 0.3) is 0 Å². The van der Waals surface area contributed by atoms with Crippen LogP contribution in [-0.4, -0.2) is 23.9 Å². The summed E-state index contributed by atoms with van der Waals surface area (Å²) in [6.45, 7) is -0.0246. The van der Waals surface area contributed by atoms with Crippen molar-refractivity contribution in [1.82, 2.24) is 0 Å². The lowest BCUT2D eigenvalue weighted by Gasteiger charge is -2.08. The molecule has 0 atom stereocenters. The Labute approximate surface area is 118 Å². The lowest BCUT2D eigenvalue weighted by Crippen LogP contribution is -2.08. The van der Waals surface area contributed by atoms with Gasteiger partial charge in [0.05, 0.1) is 6.61 Å². The molecule has 1 aromatic rings. The number of halogens is 4. The molecule has 0 radical (unpaired) electrons. The van der Waals surface area contributed by atoms with Crippen molar-refractivity contribution in [1.29, 1.82) is 0 Å². The summed E-state index contributed by atoms with van der Waals surface area (Å²) in [5.74, 6) is -1.79. The number of carbonyl (C=O) groups is 1. The van der Waals surface area contributed by atoms with Gasteiger partial charge in [-0.25, -0.2) is 9.18 Å². The maximum Gasteiger partial charge on any atom is 0.389 e. The van der Waals surface area contributed by atoms with E-state index in [2.05, 4.69) is 0 Å². The topological polar surface area (TPSA) is 46.5 Å². The number of benzene rings is 1. The Morgan fingerprint density at radius 3 is 2.67 bits per heavy atom. The van der Waals surface area contributed by atoms with Crippen molar-refractivity contribution in [3.8, 4) is 0 Å². The Bertz CT molecular complexity index is 509. The molecule has 0 amide bonds. The fraction of sp³-hybridized carbons (Fsp3) is 0.357. The molecule has 0 unspecified atom stereocenters. The number of alkyl halides is 3. The minimum atomic E-state index is -4.20. The van der Waals surface area contributed by atoms with Gasteiger partial charge in [-0.2, -0.15) is 13.2 Å². The number of hydrogen-bond donors (Lipinski definition) is 1. The van der Waals surface area contributed by atoms with E-state index >= 15 is 0 Å². The molecular weight excluding hydrogens is 292 g/mol. The van der Waals surface area contributed by atoms with Gasteiger partial charge in [0.1, 0.15) is 5.82 Å². The first-order valence-corrected chi connectivity index (χ1v) is 6.12. The highest BCUT2D eigenvalue weighted by Gasteiger charge is 2.25. The quantitative estimate of drug-likeness (QED) is 0.474. The monoisotopic (exact) mass is 306 g/mol. The van der Waals surface area contributed by atoms with Crippen LogP contribution in [0.1, 0.15) is 24.0 Å². The van der Waals surface area contributed by atoms with Crippen LogP contribution in [0.4, 0.5) is 17.6 Å².